The van der Waals surface area contributed by atoms with Gasteiger partial charge >= 0.3 is 0 Å². The van der Waals surface area contributed by atoms with Crippen molar-refractivity contribution in [3.8, 4) is 34.3 Å². The van der Waals surface area contributed by atoms with E-state index in [1.54, 1.807) is 27.5 Å². The molecule has 0 aliphatic heterocycles. The summed E-state index contributed by atoms with van der Waals surface area (Å²) in [6, 6.07) is 21.4. The SMILES string of the molecule is COc1cc(-c2nnc(SCC(=O)N/N=C/c3ccc(C(C)C)cc3)n2-c2ccccc2)cc(OC)c1OC. The zero-order valence-electron chi connectivity index (χ0n) is 22.5. The topological polar surface area (TPSA) is 99.9 Å². The Labute approximate surface area is 232 Å². The van der Waals surface area contributed by atoms with Gasteiger partial charge in [0.05, 0.1) is 33.3 Å². The maximum atomic E-state index is 12.6. The summed E-state index contributed by atoms with van der Waals surface area (Å²) in [5.41, 5.74) is 6.30. The molecule has 10 heteroatoms. The van der Waals surface area contributed by atoms with Crippen LogP contribution in [0.1, 0.15) is 30.9 Å². The third-order valence-corrected chi connectivity index (χ3v) is 6.84. The number of nitrogens with one attached hydrogen (secondary N) is 1. The Morgan fingerprint density at radius 2 is 1.64 bits per heavy atom. The van der Waals surface area contributed by atoms with E-state index in [0.29, 0.717) is 39.7 Å². The van der Waals surface area contributed by atoms with Crippen LogP contribution in [0.5, 0.6) is 17.2 Å². The monoisotopic (exact) mass is 545 g/mol. The number of rotatable bonds is 11. The van der Waals surface area contributed by atoms with Crippen molar-refractivity contribution in [2.24, 2.45) is 5.10 Å². The lowest BCUT2D eigenvalue weighted by atomic mass is 10.0. The van der Waals surface area contributed by atoms with Gasteiger partial charge in [-0.25, -0.2) is 5.43 Å². The Kier molecular flexibility index (Phi) is 9.22. The first-order valence-electron chi connectivity index (χ1n) is 12.3. The van der Waals surface area contributed by atoms with Crippen molar-refractivity contribution in [1.82, 2.24) is 20.2 Å². The lowest BCUT2D eigenvalue weighted by molar-refractivity contribution is -0.118. The number of carbonyl (C=O) groups is 1. The van der Waals surface area contributed by atoms with Gasteiger partial charge in [0, 0.05) is 11.3 Å². The molecule has 9 nitrogen and oxygen atoms in total. The second-order valence-corrected chi connectivity index (χ2v) is 9.74. The first kappa shape index (κ1) is 27.7. The number of ether oxygens (including phenoxy) is 3. The fourth-order valence-corrected chi connectivity index (χ4v) is 4.62. The predicted molar refractivity (Wildman–Crippen MR) is 153 cm³/mol. The van der Waals surface area contributed by atoms with Gasteiger partial charge in [-0.2, -0.15) is 5.10 Å². The van der Waals surface area contributed by atoms with Crippen molar-refractivity contribution in [2.45, 2.75) is 24.9 Å². The molecule has 0 radical (unpaired) electrons. The highest BCUT2D eigenvalue weighted by Gasteiger charge is 2.21. The molecule has 0 saturated heterocycles. The van der Waals surface area contributed by atoms with Crippen LogP contribution >= 0.6 is 11.8 Å². The van der Waals surface area contributed by atoms with Crippen molar-refractivity contribution in [1.29, 1.82) is 0 Å². The molecule has 0 bridgehead atoms. The van der Waals surface area contributed by atoms with Crippen LogP contribution in [0.4, 0.5) is 0 Å². The van der Waals surface area contributed by atoms with Crippen molar-refractivity contribution < 1.29 is 19.0 Å². The van der Waals surface area contributed by atoms with Gasteiger partial charge in [-0.1, -0.05) is 68.1 Å². The molecule has 1 heterocycles. The molecule has 0 atom stereocenters. The average Bonchev–Trinajstić information content (AvgIpc) is 3.40. The van der Waals surface area contributed by atoms with Crippen LogP contribution in [-0.4, -0.2) is 54.0 Å². The van der Waals surface area contributed by atoms with Crippen LogP contribution in [0.25, 0.3) is 17.1 Å². The fraction of sp³-hybridized carbons (Fsp3) is 0.241. The van der Waals surface area contributed by atoms with Gasteiger partial charge in [-0.3, -0.25) is 9.36 Å². The van der Waals surface area contributed by atoms with Gasteiger partial charge < -0.3 is 14.2 Å². The molecule has 1 N–H and O–H groups in total. The molecule has 0 spiro atoms. The second-order valence-electron chi connectivity index (χ2n) is 8.79. The molecule has 0 fully saturated rings. The summed E-state index contributed by atoms with van der Waals surface area (Å²) in [4.78, 5) is 12.6. The minimum atomic E-state index is -0.257. The third-order valence-electron chi connectivity index (χ3n) is 5.91. The van der Waals surface area contributed by atoms with Crippen molar-refractivity contribution in [3.05, 3.63) is 77.9 Å². The van der Waals surface area contributed by atoms with E-state index >= 15 is 0 Å². The number of hydrogen-bond donors (Lipinski definition) is 1. The van der Waals surface area contributed by atoms with Gasteiger partial charge in [-0.15, -0.1) is 10.2 Å². The van der Waals surface area contributed by atoms with Gasteiger partial charge in [-0.05, 0) is 41.3 Å². The highest BCUT2D eigenvalue weighted by Crippen LogP contribution is 2.41. The van der Waals surface area contributed by atoms with Crippen molar-refractivity contribution in [2.75, 3.05) is 27.1 Å². The molecule has 1 amide bonds. The fourth-order valence-electron chi connectivity index (χ4n) is 3.88. The van der Waals surface area contributed by atoms with E-state index in [0.717, 1.165) is 11.3 Å². The molecule has 0 aliphatic carbocycles. The first-order chi connectivity index (χ1) is 18.9. The number of methoxy groups -OCH3 is 3. The maximum absolute atomic E-state index is 12.6. The maximum Gasteiger partial charge on any atom is 0.250 e. The number of benzene rings is 3. The van der Waals surface area contributed by atoms with Crippen LogP contribution in [0.15, 0.2) is 77.0 Å². The summed E-state index contributed by atoms with van der Waals surface area (Å²) in [7, 11) is 4.68. The van der Waals surface area contributed by atoms with E-state index in [1.165, 1.54) is 17.3 Å². The molecule has 1 aromatic heterocycles. The van der Waals surface area contributed by atoms with E-state index in [4.69, 9.17) is 14.2 Å². The van der Waals surface area contributed by atoms with E-state index in [9.17, 15) is 4.79 Å². The number of hydrazone groups is 1. The lowest BCUT2D eigenvalue weighted by Crippen LogP contribution is -2.20. The summed E-state index contributed by atoms with van der Waals surface area (Å²) >= 11 is 1.26. The summed E-state index contributed by atoms with van der Waals surface area (Å²) in [5, 5.41) is 13.5. The molecule has 39 heavy (non-hydrogen) atoms. The third kappa shape index (κ3) is 6.58. The minimum absolute atomic E-state index is 0.101. The van der Waals surface area contributed by atoms with E-state index in [-0.39, 0.29) is 11.7 Å². The number of thioether (sulfide) groups is 1. The van der Waals surface area contributed by atoms with Crippen molar-refractivity contribution >= 4 is 23.9 Å². The lowest BCUT2D eigenvalue weighted by Gasteiger charge is -2.15. The minimum Gasteiger partial charge on any atom is -0.493 e. The molecular weight excluding hydrogens is 514 g/mol. The Morgan fingerprint density at radius 3 is 2.23 bits per heavy atom. The number of para-hydroxylation sites is 1. The van der Waals surface area contributed by atoms with Crippen LogP contribution in [0.2, 0.25) is 0 Å². The van der Waals surface area contributed by atoms with Crippen LogP contribution in [0, 0.1) is 0 Å². The summed E-state index contributed by atoms with van der Waals surface area (Å²) in [6.45, 7) is 4.29. The van der Waals surface area contributed by atoms with Crippen LogP contribution < -0.4 is 19.6 Å². The quantitative estimate of drug-likeness (QED) is 0.155. The Morgan fingerprint density at radius 1 is 0.974 bits per heavy atom. The van der Waals surface area contributed by atoms with Gasteiger partial charge in [0.2, 0.25) is 5.75 Å². The van der Waals surface area contributed by atoms with Gasteiger partial charge in [0.15, 0.2) is 22.5 Å². The molecule has 0 aliphatic rings. The number of hydrogen-bond acceptors (Lipinski definition) is 8. The van der Waals surface area contributed by atoms with Crippen LogP contribution in [0.3, 0.4) is 0 Å². The van der Waals surface area contributed by atoms with E-state index in [1.807, 2.05) is 59.2 Å². The van der Waals surface area contributed by atoms with E-state index < -0.39 is 0 Å². The van der Waals surface area contributed by atoms with E-state index in [2.05, 4.69) is 46.7 Å². The molecule has 0 unspecified atom stereocenters. The molecule has 0 saturated carbocycles. The number of amides is 1. The highest BCUT2D eigenvalue weighted by atomic mass is 32.2. The number of nitrogens with zero attached hydrogens (tertiary/aromatic N) is 4. The Balaban J connectivity index is 1.55. The normalized spacial score (nSPS) is 11.1. The second kappa shape index (κ2) is 13.0. The summed E-state index contributed by atoms with van der Waals surface area (Å²) in [6.07, 6.45) is 1.63. The zero-order valence-corrected chi connectivity index (χ0v) is 23.4. The molecule has 4 aromatic rings. The zero-order chi connectivity index (χ0) is 27.8. The van der Waals surface area contributed by atoms with Gasteiger partial charge in [0.25, 0.3) is 5.91 Å². The molecule has 202 valence electrons. The Hall–Kier alpha value is -4.31. The standard InChI is InChI=1S/C29H31N5O4S/c1-19(2)21-13-11-20(12-14-21)17-30-31-26(35)18-39-29-33-32-28(34(29)23-9-7-6-8-10-23)22-15-24(36-3)27(38-5)25(16-22)37-4/h6-17,19H,18H2,1-5H3,(H,31,35)/b30-17+. The largest absolute Gasteiger partial charge is 0.493 e. The first-order valence-corrected chi connectivity index (χ1v) is 13.3. The molecule has 4 rings (SSSR count). The number of carbonyl (C=O) groups excluding carboxylic acids is 1. The smallest absolute Gasteiger partial charge is 0.250 e. The number of aromatic nitrogens is 3. The molecule has 3 aromatic carbocycles. The van der Waals surface area contributed by atoms with Crippen LogP contribution in [-0.2, 0) is 4.79 Å². The van der Waals surface area contributed by atoms with Crippen molar-refractivity contribution in [3.63, 3.8) is 0 Å². The summed E-state index contributed by atoms with van der Waals surface area (Å²) < 4.78 is 18.4. The van der Waals surface area contributed by atoms with Gasteiger partial charge in [0.1, 0.15) is 0 Å². The molecular formula is C29H31N5O4S. The average molecular weight is 546 g/mol. The predicted octanol–water partition coefficient (Wildman–Crippen LogP) is 5.33. The highest BCUT2D eigenvalue weighted by molar-refractivity contribution is 7.99. The summed E-state index contributed by atoms with van der Waals surface area (Å²) in [5.74, 6) is 2.35. The Bertz CT molecular complexity index is 1410.